The Morgan fingerprint density at radius 2 is 1.19 bits per heavy atom. The lowest BCUT2D eigenvalue weighted by atomic mass is 10.5. The van der Waals surface area contributed by atoms with E-state index < -0.39 is 16.1 Å². The highest BCUT2D eigenvalue weighted by atomic mass is 28.3. The normalized spacial score (nSPS) is 28.8. The van der Waals surface area contributed by atoms with Gasteiger partial charge in [0, 0.05) is 0 Å². The second-order valence-corrected chi connectivity index (χ2v) is 15.0. The van der Waals surface area contributed by atoms with Gasteiger partial charge in [0.05, 0.1) is 0 Å². The molecule has 0 nitrogen and oxygen atoms in total. The predicted octanol–water partition coefficient (Wildman–Crippen LogP) is 4.09. The lowest BCUT2D eigenvalue weighted by molar-refractivity contribution is 1.27. The minimum Gasteiger partial charge on any atom is -0.0810 e. The molecule has 0 saturated carbocycles. The molecule has 0 atom stereocenters. The fourth-order valence-electron chi connectivity index (χ4n) is 3.69. The Morgan fingerprint density at radius 1 is 0.750 bits per heavy atom. The number of rotatable bonds is 0. The Hall–Kier alpha value is -0.606. The summed E-state index contributed by atoms with van der Waals surface area (Å²) in [5, 5.41) is 7.25. The zero-order chi connectivity index (χ0) is 11.6. The highest BCUT2D eigenvalue weighted by Gasteiger charge is 2.46. The summed E-state index contributed by atoms with van der Waals surface area (Å²) in [6.07, 6.45) is 12.2. The molecule has 0 unspecified atom stereocenters. The Labute approximate surface area is 100 Å². The molecule has 0 amide bonds. The summed E-state index contributed by atoms with van der Waals surface area (Å²) in [5.74, 6) is 0. The Bertz CT molecular complexity index is 443. The molecule has 3 rings (SSSR count). The van der Waals surface area contributed by atoms with Crippen LogP contribution in [0.2, 0.25) is 26.2 Å². The third-order valence-corrected chi connectivity index (χ3v) is 12.8. The van der Waals surface area contributed by atoms with Crippen molar-refractivity contribution in [3.8, 4) is 0 Å². The summed E-state index contributed by atoms with van der Waals surface area (Å²) in [4.78, 5) is 0. The highest BCUT2D eigenvalue weighted by Crippen LogP contribution is 2.48. The van der Waals surface area contributed by atoms with Gasteiger partial charge >= 0.3 is 0 Å². The molecule has 16 heavy (non-hydrogen) atoms. The second kappa shape index (κ2) is 2.99. The molecule has 0 saturated heterocycles. The molecule has 0 radical (unpaired) electrons. The third kappa shape index (κ3) is 1.09. The first kappa shape index (κ1) is 10.5. The van der Waals surface area contributed by atoms with Gasteiger partial charge in [0.2, 0.25) is 0 Å². The van der Waals surface area contributed by atoms with E-state index in [-0.39, 0.29) is 0 Å². The summed E-state index contributed by atoms with van der Waals surface area (Å²) >= 11 is 0. The van der Waals surface area contributed by atoms with Crippen molar-refractivity contribution < 1.29 is 0 Å². The molecule has 1 aliphatic heterocycles. The lowest BCUT2D eigenvalue weighted by Gasteiger charge is -2.40. The zero-order valence-corrected chi connectivity index (χ0v) is 12.7. The van der Waals surface area contributed by atoms with Gasteiger partial charge in [-0.2, -0.15) is 0 Å². The maximum Gasteiger partial charge on any atom is 0.111 e. The Kier molecular flexibility index (Phi) is 1.97. The van der Waals surface area contributed by atoms with E-state index in [1.807, 2.05) is 10.4 Å². The van der Waals surface area contributed by atoms with Crippen LogP contribution >= 0.6 is 0 Å². The third-order valence-electron chi connectivity index (χ3n) is 4.72. The van der Waals surface area contributed by atoms with Crippen LogP contribution in [0.3, 0.4) is 0 Å². The SMILES string of the molecule is C[Si]1(C)C2=C(CC=C2)[Si](C)(C)C2=C1C=CC2. The maximum absolute atomic E-state index is 2.56. The number of allylic oxidation sites excluding steroid dienone is 8. The molecule has 84 valence electrons. The summed E-state index contributed by atoms with van der Waals surface area (Å²) in [5.41, 5.74) is 0. The minimum atomic E-state index is -1.32. The van der Waals surface area contributed by atoms with Crippen LogP contribution in [0.4, 0.5) is 0 Å². The van der Waals surface area contributed by atoms with Gasteiger partial charge in [0.15, 0.2) is 0 Å². The van der Waals surface area contributed by atoms with Gasteiger partial charge in [0.1, 0.15) is 16.1 Å². The monoisotopic (exact) mass is 244 g/mol. The fourth-order valence-corrected chi connectivity index (χ4v) is 13.6. The van der Waals surface area contributed by atoms with Crippen molar-refractivity contribution in [1.29, 1.82) is 0 Å². The van der Waals surface area contributed by atoms with E-state index >= 15 is 0 Å². The van der Waals surface area contributed by atoms with Crippen LogP contribution < -0.4 is 0 Å². The van der Waals surface area contributed by atoms with E-state index in [4.69, 9.17) is 0 Å². The second-order valence-electron chi connectivity index (χ2n) is 6.25. The zero-order valence-electron chi connectivity index (χ0n) is 10.7. The minimum absolute atomic E-state index is 1.25. The van der Waals surface area contributed by atoms with Crippen molar-refractivity contribution in [3.05, 3.63) is 45.1 Å². The quantitative estimate of drug-likeness (QED) is 0.563. The van der Waals surface area contributed by atoms with E-state index in [1.165, 1.54) is 12.8 Å². The average Bonchev–Trinajstić information content (AvgIpc) is 2.86. The standard InChI is InChI=1S/C14H20Si2/c1-15(2)11-7-5-9-13(11)16(3,4)14-10-6-8-12(14)15/h5-8H,9-10H2,1-4H3. The molecule has 0 N–H and O–H groups in total. The summed E-state index contributed by atoms with van der Waals surface area (Å²) in [6.45, 7) is 10.2. The Morgan fingerprint density at radius 3 is 1.62 bits per heavy atom. The van der Waals surface area contributed by atoms with Gasteiger partial charge < -0.3 is 0 Å². The van der Waals surface area contributed by atoms with E-state index in [0.29, 0.717) is 0 Å². The molecule has 0 fully saturated rings. The van der Waals surface area contributed by atoms with Crippen molar-refractivity contribution in [1.82, 2.24) is 0 Å². The van der Waals surface area contributed by atoms with Crippen LogP contribution in [-0.4, -0.2) is 16.1 Å². The maximum atomic E-state index is 2.56. The summed E-state index contributed by atoms with van der Waals surface area (Å²) in [6, 6.07) is 0. The van der Waals surface area contributed by atoms with Crippen molar-refractivity contribution in [2.45, 2.75) is 39.0 Å². The average molecular weight is 244 g/mol. The van der Waals surface area contributed by atoms with Gasteiger partial charge in [-0.1, -0.05) is 71.3 Å². The molecule has 0 aromatic rings. The van der Waals surface area contributed by atoms with Crippen LogP contribution in [0.25, 0.3) is 0 Å². The van der Waals surface area contributed by atoms with Gasteiger partial charge in [-0.3, -0.25) is 0 Å². The first-order valence-electron chi connectivity index (χ1n) is 6.27. The van der Waals surface area contributed by atoms with E-state index in [9.17, 15) is 0 Å². The first-order chi connectivity index (χ1) is 7.45. The molecule has 2 aliphatic carbocycles. The smallest absolute Gasteiger partial charge is 0.0810 e. The first-order valence-corrected chi connectivity index (χ1v) is 12.3. The Balaban J connectivity index is 2.26. The molecule has 3 aliphatic rings. The highest BCUT2D eigenvalue weighted by molar-refractivity contribution is 7.02. The molecule has 1 heterocycles. The van der Waals surface area contributed by atoms with Crippen molar-refractivity contribution >= 4 is 16.1 Å². The van der Waals surface area contributed by atoms with E-state index in [2.05, 4.69) is 50.5 Å². The molecule has 0 aromatic carbocycles. The summed E-state index contributed by atoms with van der Waals surface area (Å²) in [7, 11) is -2.59. The molecule has 2 heteroatoms. The van der Waals surface area contributed by atoms with Gasteiger partial charge in [-0.25, -0.2) is 0 Å². The lowest BCUT2D eigenvalue weighted by Crippen LogP contribution is -2.45. The topological polar surface area (TPSA) is 0 Å². The fraction of sp³-hybridized carbons (Fsp3) is 0.429. The molecule has 0 spiro atoms. The van der Waals surface area contributed by atoms with Gasteiger partial charge in [-0.05, 0) is 12.8 Å². The van der Waals surface area contributed by atoms with Gasteiger partial charge in [-0.15, -0.1) is 0 Å². The van der Waals surface area contributed by atoms with Crippen LogP contribution in [0.5, 0.6) is 0 Å². The molecular formula is C14H20Si2. The van der Waals surface area contributed by atoms with Crippen molar-refractivity contribution in [2.24, 2.45) is 0 Å². The molecule has 0 aromatic heterocycles. The van der Waals surface area contributed by atoms with Crippen molar-refractivity contribution in [2.75, 3.05) is 0 Å². The number of hydrogen-bond acceptors (Lipinski definition) is 0. The van der Waals surface area contributed by atoms with Crippen LogP contribution in [0, 0.1) is 0 Å². The van der Waals surface area contributed by atoms with Crippen molar-refractivity contribution in [3.63, 3.8) is 0 Å². The number of hydrogen-bond donors (Lipinski definition) is 0. The summed E-state index contributed by atoms with van der Waals surface area (Å²) < 4.78 is 0. The molecular weight excluding hydrogens is 224 g/mol. The van der Waals surface area contributed by atoms with Gasteiger partial charge in [0.25, 0.3) is 0 Å². The van der Waals surface area contributed by atoms with Crippen LogP contribution in [0.15, 0.2) is 45.1 Å². The molecule has 0 bridgehead atoms. The predicted molar refractivity (Wildman–Crippen MR) is 76.5 cm³/mol. The largest absolute Gasteiger partial charge is 0.111 e. The van der Waals surface area contributed by atoms with Crippen LogP contribution in [0.1, 0.15) is 12.8 Å². The van der Waals surface area contributed by atoms with E-state index in [0.717, 1.165) is 0 Å². The van der Waals surface area contributed by atoms with E-state index in [1.54, 1.807) is 10.4 Å². The van der Waals surface area contributed by atoms with Crippen LogP contribution in [-0.2, 0) is 0 Å².